The van der Waals surface area contributed by atoms with Gasteiger partial charge in [0.2, 0.25) is 0 Å². The fraction of sp³-hybridized carbons (Fsp3) is 0.333. The molecule has 0 atom stereocenters. The molecule has 1 N–H and O–H groups in total. The van der Waals surface area contributed by atoms with E-state index in [2.05, 4.69) is 42.2 Å². The summed E-state index contributed by atoms with van der Waals surface area (Å²) in [5, 5.41) is 3.50. The van der Waals surface area contributed by atoms with Gasteiger partial charge in [-0.15, -0.1) is 19.0 Å². The van der Waals surface area contributed by atoms with Gasteiger partial charge in [0.25, 0.3) is 0 Å². The van der Waals surface area contributed by atoms with Crippen LogP contribution >= 0.6 is 12.4 Å². The Hall–Kier alpha value is -1.97. The summed E-state index contributed by atoms with van der Waals surface area (Å²) < 4.78 is 11.3. The molecule has 136 valence electrons. The summed E-state index contributed by atoms with van der Waals surface area (Å²) in [6.07, 6.45) is 3.68. The molecule has 4 heteroatoms. The number of allylic oxidation sites excluding steroid dienone is 1. The number of rotatable bonds is 10. The summed E-state index contributed by atoms with van der Waals surface area (Å²) in [7, 11) is 1.68. The number of methoxy groups -OCH3 is 1. The molecule has 0 heterocycles. The van der Waals surface area contributed by atoms with Crippen molar-refractivity contribution in [2.75, 3.05) is 20.3 Å². The molecule has 0 aromatic heterocycles. The van der Waals surface area contributed by atoms with Crippen LogP contribution in [-0.2, 0) is 19.4 Å². The molecule has 0 aliphatic heterocycles. The van der Waals surface area contributed by atoms with E-state index in [1.54, 1.807) is 7.11 Å². The molecule has 25 heavy (non-hydrogen) atoms. The molecule has 0 saturated heterocycles. The van der Waals surface area contributed by atoms with Crippen molar-refractivity contribution in [2.24, 2.45) is 0 Å². The van der Waals surface area contributed by atoms with Crippen LogP contribution in [-0.4, -0.2) is 20.3 Å². The first-order chi connectivity index (χ1) is 11.8. The van der Waals surface area contributed by atoms with Crippen LogP contribution in [0.2, 0.25) is 0 Å². The van der Waals surface area contributed by atoms with Gasteiger partial charge in [-0.05, 0) is 43.5 Å². The predicted molar refractivity (Wildman–Crippen MR) is 107 cm³/mol. The quantitative estimate of drug-likeness (QED) is 0.496. The van der Waals surface area contributed by atoms with E-state index in [9.17, 15) is 0 Å². The third-order valence-corrected chi connectivity index (χ3v) is 3.83. The van der Waals surface area contributed by atoms with Gasteiger partial charge in [-0.2, -0.15) is 0 Å². The second kappa shape index (κ2) is 11.6. The van der Waals surface area contributed by atoms with E-state index in [1.807, 2.05) is 25.1 Å². The van der Waals surface area contributed by atoms with Crippen LogP contribution in [0.4, 0.5) is 0 Å². The molecular formula is C21H28ClNO2. The summed E-state index contributed by atoms with van der Waals surface area (Å²) in [6.45, 7) is 8.19. The zero-order valence-corrected chi connectivity index (χ0v) is 15.9. The molecule has 2 rings (SSSR count). The highest BCUT2D eigenvalue weighted by Gasteiger charge is 2.12. The first-order valence-electron chi connectivity index (χ1n) is 8.46. The normalized spacial score (nSPS) is 10.0. The van der Waals surface area contributed by atoms with Gasteiger partial charge >= 0.3 is 0 Å². The number of nitrogens with one attached hydrogen (secondary N) is 1. The maximum atomic E-state index is 5.76. The third kappa shape index (κ3) is 6.45. The number of ether oxygens (including phenoxy) is 2. The molecule has 0 fully saturated rings. The van der Waals surface area contributed by atoms with Crippen molar-refractivity contribution in [1.82, 2.24) is 5.32 Å². The van der Waals surface area contributed by atoms with Crippen molar-refractivity contribution >= 4 is 12.4 Å². The first kappa shape index (κ1) is 21.1. The fourth-order valence-corrected chi connectivity index (χ4v) is 2.70. The van der Waals surface area contributed by atoms with Gasteiger partial charge in [0.1, 0.15) is 0 Å². The van der Waals surface area contributed by atoms with Crippen molar-refractivity contribution < 1.29 is 9.47 Å². The lowest BCUT2D eigenvalue weighted by atomic mass is 10.1. The zero-order valence-electron chi connectivity index (χ0n) is 15.1. The number of halogens is 1. The van der Waals surface area contributed by atoms with E-state index in [0.717, 1.165) is 43.0 Å². The van der Waals surface area contributed by atoms with E-state index >= 15 is 0 Å². The van der Waals surface area contributed by atoms with Gasteiger partial charge in [-0.1, -0.05) is 42.5 Å². The van der Waals surface area contributed by atoms with Gasteiger partial charge in [0.15, 0.2) is 11.5 Å². The SMILES string of the molecule is C=CCc1cc(CNCCc2ccccc2)cc(OC)c1OCC.Cl. The van der Waals surface area contributed by atoms with Crippen LogP contribution in [0.15, 0.2) is 55.1 Å². The minimum absolute atomic E-state index is 0. The molecule has 0 spiro atoms. The summed E-state index contributed by atoms with van der Waals surface area (Å²) in [6, 6.07) is 14.7. The van der Waals surface area contributed by atoms with Gasteiger partial charge < -0.3 is 14.8 Å². The highest BCUT2D eigenvalue weighted by molar-refractivity contribution is 5.85. The zero-order chi connectivity index (χ0) is 17.2. The van der Waals surface area contributed by atoms with Crippen LogP contribution in [0.5, 0.6) is 11.5 Å². The molecule has 0 amide bonds. The highest BCUT2D eigenvalue weighted by Crippen LogP contribution is 2.33. The van der Waals surface area contributed by atoms with E-state index < -0.39 is 0 Å². The molecule has 0 aliphatic carbocycles. The average Bonchev–Trinajstić information content (AvgIpc) is 2.61. The minimum atomic E-state index is 0. The van der Waals surface area contributed by atoms with Crippen LogP contribution in [0, 0.1) is 0 Å². The maximum Gasteiger partial charge on any atom is 0.164 e. The molecule has 2 aromatic carbocycles. The summed E-state index contributed by atoms with van der Waals surface area (Å²) >= 11 is 0. The predicted octanol–water partition coefficient (Wildman–Crippen LogP) is 4.58. The topological polar surface area (TPSA) is 30.5 Å². The molecule has 2 aromatic rings. The first-order valence-corrected chi connectivity index (χ1v) is 8.46. The Morgan fingerprint density at radius 2 is 1.88 bits per heavy atom. The Kier molecular flexibility index (Phi) is 9.75. The van der Waals surface area contributed by atoms with Gasteiger partial charge in [0, 0.05) is 12.1 Å². The Balaban J connectivity index is 0.00000312. The number of hydrogen-bond donors (Lipinski definition) is 1. The third-order valence-electron chi connectivity index (χ3n) is 3.83. The number of benzene rings is 2. The lowest BCUT2D eigenvalue weighted by Crippen LogP contribution is -2.17. The van der Waals surface area contributed by atoms with E-state index in [-0.39, 0.29) is 12.4 Å². The Bertz CT molecular complexity index is 644. The van der Waals surface area contributed by atoms with Crippen molar-refractivity contribution in [3.05, 3.63) is 71.8 Å². The van der Waals surface area contributed by atoms with Crippen LogP contribution in [0.3, 0.4) is 0 Å². The minimum Gasteiger partial charge on any atom is -0.493 e. The lowest BCUT2D eigenvalue weighted by molar-refractivity contribution is 0.308. The molecular weight excluding hydrogens is 334 g/mol. The van der Waals surface area contributed by atoms with Crippen LogP contribution in [0.25, 0.3) is 0 Å². The standard InChI is InChI=1S/C21H27NO2.ClH/c1-4-9-19-14-18(15-20(23-3)21(19)24-5-2)16-22-13-12-17-10-7-6-8-11-17;/h4,6-8,10-11,14-15,22H,1,5,9,12-13,16H2,2-3H3;1H. The Morgan fingerprint density at radius 3 is 2.52 bits per heavy atom. The van der Waals surface area contributed by atoms with Crippen molar-refractivity contribution in [2.45, 2.75) is 26.3 Å². The highest BCUT2D eigenvalue weighted by atomic mass is 35.5. The summed E-state index contributed by atoms with van der Waals surface area (Å²) in [5.41, 5.74) is 3.66. The molecule has 0 radical (unpaired) electrons. The van der Waals surface area contributed by atoms with Crippen molar-refractivity contribution in [3.63, 3.8) is 0 Å². The van der Waals surface area contributed by atoms with E-state index in [4.69, 9.17) is 9.47 Å². The summed E-state index contributed by atoms with van der Waals surface area (Å²) in [5.74, 6) is 1.61. The smallest absolute Gasteiger partial charge is 0.164 e. The maximum absolute atomic E-state index is 5.76. The second-order valence-corrected chi connectivity index (χ2v) is 5.62. The Labute approximate surface area is 157 Å². The van der Waals surface area contributed by atoms with Gasteiger partial charge in [-0.25, -0.2) is 0 Å². The molecule has 0 aliphatic rings. The van der Waals surface area contributed by atoms with Crippen LogP contribution in [0.1, 0.15) is 23.6 Å². The van der Waals surface area contributed by atoms with E-state index in [0.29, 0.717) is 6.61 Å². The van der Waals surface area contributed by atoms with E-state index in [1.165, 1.54) is 11.1 Å². The second-order valence-electron chi connectivity index (χ2n) is 5.62. The monoisotopic (exact) mass is 361 g/mol. The number of hydrogen-bond acceptors (Lipinski definition) is 3. The van der Waals surface area contributed by atoms with Crippen molar-refractivity contribution in [3.8, 4) is 11.5 Å². The van der Waals surface area contributed by atoms with Crippen molar-refractivity contribution in [1.29, 1.82) is 0 Å². The van der Waals surface area contributed by atoms with Crippen LogP contribution < -0.4 is 14.8 Å². The molecule has 0 saturated carbocycles. The fourth-order valence-electron chi connectivity index (χ4n) is 2.70. The average molecular weight is 362 g/mol. The summed E-state index contributed by atoms with van der Waals surface area (Å²) in [4.78, 5) is 0. The molecule has 3 nitrogen and oxygen atoms in total. The molecule has 0 bridgehead atoms. The molecule has 0 unspecified atom stereocenters. The Morgan fingerprint density at radius 1 is 1.12 bits per heavy atom. The lowest BCUT2D eigenvalue weighted by Gasteiger charge is -2.16. The van der Waals surface area contributed by atoms with Gasteiger partial charge in [0.05, 0.1) is 13.7 Å². The largest absolute Gasteiger partial charge is 0.493 e. The van der Waals surface area contributed by atoms with Gasteiger partial charge in [-0.3, -0.25) is 0 Å².